The second kappa shape index (κ2) is 9.35. The largest absolute Gasteiger partial charge is 0.377 e. The third-order valence-electron chi connectivity index (χ3n) is 5.86. The molecule has 25 heavy (non-hydrogen) atoms. The van der Waals surface area contributed by atoms with Gasteiger partial charge in [-0.05, 0) is 57.9 Å². The molecule has 0 bridgehead atoms. The highest BCUT2D eigenvalue weighted by Gasteiger charge is 2.34. The Kier molecular flexibility index (Phi) is 7.16. The van der Waals surface area contributed by atoms with Crippen LogP contribution in [0.3, 0.4) is 0 Å². The molecule has 2 amide bonds. The van der Waals surface area contributed by atoms with Crippen molar-refractivity contribution in [3.8, 4) is 0 Å². The fourth-order valence-corrected chi connectivity index (χ4v) is 5.19. The molecule has 3 N–H and O–H groups in total. The molecule has 6 nitrogen and oxygen atoms in total. The van der Waals surface area contributed by atoms with Crippen molar-refractivity contribution in [3.05, 3.63) is 0 Å². The van der Waals surface area contributed by atoms with Crippen molar-refractivity contribution in [2.24, 2.45) is 5.92 Å². The van der Waals surface area contributed by atoms with Crippen LogP contribution in [0.4, 0.5) is 4.79 Å². The van der Waals surface area contributed by atoms with Gasteiger partial charge in [-0.25, -0.2) is 0 Å². The summed E-state index contributed by atoms with van der Waals surface area (Å²) < 4.78 is 6.11. The Hall–Kier alpha value is -0.630. The van der Waals surface area contributed by atoms with Crippen LogP contribution < -0.4 is 10.6 Å². The lowest BCUT2D eigenvalue weighted by Gasteiger charge is -2.31. The molecule has 3 aliphatic rings. The van der Waals surface area contributed by atoms with Crippen LogP contribution in [0.25, 0.3) is 0 Å². The Morgan fingerprint density at radius 1 is 1.20 bits per heavy atom. The van der Waals surface area contributed by atoms with Crippen LogP contribution in [-0.4, -0.2) is 60.3 Å². The maximum atomic E-state index is 11.7. The highest BCUT2D eigenvalue weighted by molar-refractivity contribution is 8.15. The van der Waals surface area contributed by atoms with Crippen molar-refractivity contribution in [2.45, 2.75) is 68.9 Å². The summed E-state index contributed by atoms with van der Waals surface area (Å²) in [6, 6.07) is 0. The molecule has 0 spiro atoms. The molecule has 0 radical (unpaired) electrons. The first-order valence-corrected chi connectivity index (χ1v) is 10.7. The molecule has 2 saturated heterocycles. The Morgan fingerprint density at radius 3 is 2.64 bits per heavy atom. The van der Waals surface area contributed by atoms with E-state index in [4.69, 9.17) is 4.74 Å². The van der Waals surface area contributed by atoms with Crippen molar-refractivity contribution in [2.75, 3.05) is 26.7 Å². The lowest BCUT2D eigenvalue weighted by Crippen LogP contribution is -2.94. The summed E-state index contributed by atoms with van der Waals surface area (Å²) in [4.78, 5) is 25.4. The lowest BCUT2D eigenvalue weighted by molar-refractivity contribution is -0.716. The number of ether oxygens (including phenoxy) is 1. The summed E-state index contributed by atoms with van der Waals surface area (Å²) in [6.45, 7) is 3.07. The molecule has 0 aromatic rings. The van der Waals surface area contributed by atoms with Crippen LogP contribution >= 0.6 is 11.8 Å². The topological polar surface area (TPSA) is 75.2 Å². The molecular weight excluding hydrogens is 338 g/mol. The van der Waals surface area contributed by atoms with Gasteiger partial charge < -0.3 is 10.1 Å². The van der Waals surface area contributed by atoms with Crippen molar-refractivity contribution in [1.82, 2.24) is 10.2 Å². The van der Waals surface area contributed by atoms with Gasteiger partial charge in [0.25, 0.3) is 5.24 Å². The van der Waals surface area contributed by atoms with Crippen molar-refractivity contribution >= 4 is 22.9 Å². The Morgan fingerprint density at radius 2 is 2.00 bits per heavy atom. The molecule has 0 aromatic carbocycles. The van der Waals surface area contributed by atoms with Gasteiger partial charge in [0.1, 0.15) is 6.17 Å². The summed E-state index contributed by atoms with van der Waals surface area (Å²) in [5, 5.41) is 4.48. The molecule has 2 atom stereocenters. The number of likely N-dealkylation sites (N-methyl/N-ethyl adjacent to an activating group) is 1. The zero-order valence-electron chi connectivity index (χ0n) is 15.2. The Labute approximate surface area is 154 Å². The van der Waals surface area contributed by atoms with Gasteiger partial charge in [-0.2, -0.15) is 0 Å². The molecule has 142 valence electrons. The number of amides is 2. The van der Waals surface area contributed by atoms with Crippen molar-refractivity contribution in [3.63, 3.8) is 0 Å². The van der Waals surface area contributed by atoms with Crippen molar-refractivity contribution in [1.29, 1.82) is 0 Å². The normalized spacial score (nSPS) is 33.7. The van der Waals surface area contributed by atoms with Gasteiger partial charge in [0, 0.05) is 13.0 Å². The maximum absolute atomic E-state index is 11.7. The van der Waals surface area contributed by atoms with E-state index in [0.717, 1.165) is 57.0 Å². The number of carbonyl (C=O) groups is 2. The van der Waals surface area contributed by atoms with Gasteiger partial charge in [0.05, 0.1) is 24.5 Å². The van der Waals surface area contributed by atoms with Gasteiger partial charge in [-0.1, -0.05) is 11.8 Å². The summed E-state index contributed by atoms with van der Waals surface area (Å²) in [5.41, 5.74) is 0. The standard InChI is InChI=1S/C18H31N3O3S/c1-21(16-4-2-3-9-19-16)10-11-24-14-7-5-13(6-8-14)12-15-17(22)20-18(23)25-15/h13-16,19H,2-12H2,1H3,(H,20,22,23)/p+1. The van der Waals surface area contributed by atoms with Crippen molar-refractivity contribution < 1.29 is 19.6 Å². The average Bonchev–Trinajstić information content (AvgIpc) is 2.94. The number of piperidine rings is 1. The number of thioether (sulfide) groups is 1. The number of nitrogens with one attached hydrogen (secondary N) is 1. The molecule has 3 rings (SSSR count). The number of nitrogens with zero attached hydrogens (tertiary/aromatic N) is 1. The smallest absolute Gasteiger partial charge is 0.286 e. The molecule has 1 saturated carbocycles. The molecule has 2 aliphatic heterocycles. The molecule has 0 aromatic heterocycles. The highest BCUT2D eigenvalue weighted by Crippen LogP contribution is 2.34. The van der Waals surface area contributed by atoms with E-state index in [-0.39, 0.29) is 16.4 Å². The van der Waals surface area contributed by atoms with Gasteiger partial charge in [0.2, 0.25) is 5.91 Å². The molecule has 2 unspecified atom stereocenters. The molecule has 7 heteroatoms. The van der Waals surface area contributed by atoms with E-state index < -0.39 is 0 Å². The van der Waals surface area contributed by atoms with Gasteiger partial charge in [0.15, 0.2) is 0 Å². The van der Waals surface area contributed by atoms with Crippen LogP contribution in [-0.2, 0) is 9.53 Å². The quantitative estimate of drug-likeness (QED) is 0.707. The number of nitrogens with two attached hydrogens (primary N) is 1. The molecule has 1 aliphatic carbocycles. The van der Waals surface area contributed by atoms with Gasteiger partial charge >= 0.3 is 0 Å². The number of carbonyl (C=O) groups excluding carboxylic acids is 2. The predicted octanol–water partition coefficient (Wildman–Crippen LogP) is 1.31. The third kappa shape index (κ3) is 5.67. The molecule has 3 fully saturated rings. The molecular formula is C18H32N3O3S+. The SMILES string of the molecule is CN(CCOC1CCC(CC2SC(=O)NC2=O)CC1)C1CCCC[NH2+]1. The first-order valence-electron chi connectivity index (χ1n) is 9.78. The minimum Gasteiger partial charge on any atom is -0.377 e. The zero-order chi connectivity index (χ0) is 17.6. The monoisotopic (exact) mass is 370 g/mol. The lowest BCUT2D eigenvalue weighted by atomic mass is 9.84. The number of hydrogen-bond acceptors (Lipinski definition) is 5. The predicted molar refractivity (Wildman–Crippen MR) is 98.3 cm³/mol. The average molecular weight is 371 g/mol. The maximum Gasteiger partial charge on any atom is 0.286 e. The Bertz CT molecular complexity index is 462. The summed E-state index contributed by atoms with van der Waals surface area (Å²) >= 11 is 1.16. The highest BCUT2D eigenvalue weighted by atomic mass is 32.2. The van der Waals surface area contributed by atoms with E-state index in [2.05, 4.69) is 22.6 Å². The summed E-state index contributed by atoms with van der Waals surface area (Å²) in [6.07, 6.45) is 10.2. The first kappa shape index (κ1) is 19.1. The van der Waals surface area contributed by atoms with E-state index in [1.165, 1.54) is 25.8 Å². The number of quaternary nitrogens is 1. The van der Waals surface area contributed by atoms with Gasteiger partial charge in [-0.3, -0.25) is 19.8 Å². The van der Waals surface area contributed by atoms with E-state index in [0.29, 0.717) is 18.2 Å². The van der Waals surface area contributed by atoms with E-state index in [1.807, 2.05) is 0 Å². The fourth-order valence-electron chi connectivity index (χ4n) is 4.24. The van der Waals surface area contributed by atoms with Gasteiger partial charge in [-0.15, -0.1) is 0 Å². The zero-order valence-corrected chi connectivity index (χ0v) is 16.1. The second-order valence-electron chi connectivity index (χ2n) is 7.70. The first-order chi connectivity index (χ1) is 12.1. The van der Waals surface area contributed by atoms with Crippen LogP contribution in [0.15, 0.2) is 0 Å². The number of hydrogen-bond donors (Lipinski definition) is 2. The Balaban J connectivity index is 1.29. The minimum absolute atomic E-state index is 0.101. The van der Waals surface area contributed by atoms with Crippen LogP contribution in [0.1, 0.15) is 51.4 Å². The van der Waals surface area contributed by atoms with E-state index in [1.54, 1.807) is 0 Å². The second-order valence-corrected chi connectivity index (χ2v) is 8.88. The third-order valence-corrected chi connectivity index (χ3v) is 6.87. The number of rotatable bonds is 7. The van der Waals surface area contributed by atoms with E-state index >= 15 is 0 Å². The molecule has 2 heterocycles. The summed E-state index contributed by atoms with van der Waals surface area (Å²) in [7, 11) is 2.21. The minimum atomic E-state index is -0.189. The fraction of sp³-hybridized carbons (Fsp3) is 0.889. The number of imide groups is 1. The van der Waals surface area contributed by atoms with E-state index in [9.17, 15) is 9.59 Å². The summed E-state index contributed by atoms with van der Waals surface area (Å²) in [5.74, 6) is 0.449. The van der Waals surface area contributed by atoms with Crippen LogP contribution in [0, 0.1) is 5.92 Å². The van der Waals surface area contributed by atoms with Crippen LogP contribution in [0.5, 0.6) is 0 Å². The van der Waals surface area contributed by atoms with Crippen LogP contribution in [0.2, 0.25) is 0 Å².